The summed E-state index contributed by atoms with van der Waals surface area (Å²) in [4.78, 5) is 5.24. The first-order valence-electron chi connectivity index (χ1n) is 9.14. The fraction of sp³-hybridized carbons (Fsp3) is 0.611. The molecular formula is C18H22F6N2O3S. The van der Waals surface area contributed by atoms with E-state index in [0.717, 1.165) is 31.7 Å². The number of benzene rings is 1. The van der Waals surface area contributed by atoms with Gasteiger partial charge in [-0.3, -0.25) is 0 Å². The molecule has 5 nitrogen and oxygen atoms in total. The molecule has 0 aromatic heterocycles. The van der Waals surface area contributed by atoms with Gasteiger partial charge in [0, 0.05) is 5.56 Å². The second kappa shape index (κ2) is 11.3. The summed E-state index contributed by atoms with van der Waals surface area (Å²) in [6.07, 6.45) is -4.32. The van der Waals surface area contributed by atoms with Gasteiger partial charge in [-0.25, -0.2) is 0 Å². The molecule has 1 aliphatic rings. The van der Waals surface area contributed by atoms with E-state index in [-0.39, 0.29) is 23.8 Å². The number of alkyl halides is 6. The monoisotopic (exact) mass is 460 g/mol. The zero-order valence-corrected chi connectivity index (χ0v) is 16.9. The molecule has 0 bridgehead atoms. The van der Waals surface area contributed by atoms with Crippen LogP contribution in [0.15, 0.2) is 23.4 Å². The summed E-state index contributed by atoms with van der Waals surface area (Å²) in [5.74, 6) is 0.320. The van der Waals surface area contributed by atoms with Gasteiger partial charge < -0.3 is 4.84 Å². The first-order valence-corrected chi connectivity index (χ1v) is 10.2. The van der Waals surface area contributed by atoms with E-state index in [0.29, 0.717) is 18.6 Å². The Morgan fingerprint density at radius 3 is 2.13 bits per heavy atom. The van der Waals surface area contributed by atoms with Gasteiger partial charge in [0.25, 0.3) is 0 Å². The first kappa shape index (κ1) is 25.9. The van der Waals surface area contributed by atoms with Crippen LogP contribution in [0.5, 0.6) is 0 Å². The average Bonchev–Trinajstić information content (AvgIpc) is 2.64. The zero-order valence-electron chi connectivity index (χ0n) is 16.1. The Bertz CT molecular complexity index is 823. The molecule has 1 fully saturated rings. The summed E-state index contributed by atoms with van der Waals surface area (Å²) < 4.78 is 101. The lowest BCUT2D eigenvalue weighted by molar-refractivity contribution is -0.143. The van der Waals surface area contributed by atoms with Crippen LogP contribution in [0.2, 0.25) is 0 Å². The number of oxime groups is 1. The number of nitrogens with zero attached hydrogens (tertiary/aromatic N) is 1. The SMILES string of the molecule is CC/C(=N\OCC1CCCCC1)c1ccc(C(F)(F)F)cc1C(F)(F)F.N=S(=O)=O. The lowest BCUT2D eigenvalue weighted by Gasteiger charge is -2.20. The topological polar surface area (TPSA) is 79.6 Å². The number of nitrogens with one attached hydrogen (secondary N) is 1. The summed E-state index contributed by atoms with van der Waals surface area (Å²) in [5, 5.41) is 3.81. The molecule has 170 valence electrons. The minimum absolute atomic E-state index is 0.0122. The van der Waals surface area contributed by atoms with Gasteiger partial charge in [-0.15, -0.1) is 0 Å². The molecule has 0 atom stereocenters. The van der Waals surface area contributed by atoms with Crippen LogP contribution in [0.4, 0.5) is 26.3 Å². The Kier molecular flexibility index (Phi) is 9.79. The Hall–Kier alpha value is -2.11. The zero-order chi connectivity index (χ0) is 22.9. The van der Waals surface area contributed by atoms with Crippen LogP contribution in [0.3, 0.4) is 0 Å². The van der Waals surface area contributed by atoms with Gasteiger partial charge in [-0.05, 0) is 37.3 Å². The van der Waals surface area contributed by atoms with E-state index < -0.39 is 34.0 Å². The highest BCUT2D eigenvalue weighted by Crippen LogP contribution is 2.37. The van der Waals surface area contributed by atoms with Crippen LogP contribution in [0, 0.1) is 10.7 Å². The summed E-state index contributed by atoms with van der Waals surface area (Å²) in [6.45, 7) is 1.89. The first-order chi connectivity index (χ1) is 13.9. The van der Waals surface area contributed by atoms with E-state index in [2.05, 4.69) is 5.16 Å². The minimum Gasteiger partial charge on any atom is -0.395 e. The molecule has 1 saturated carbocycles. The third kappa shape index (κ3) is 8.72. The molecule has 1 aliphatic carbocycles. The van der Waals surface area contributed by atoms with Gasteiger partial charge in [0.05, 0.1) is 16.8 Å². The smallest absolute Gasteiger partial charge is 0.395 e. The molecule has 0 aliphatic heterocycles. The average molecular weight is 460 g/mol. The maximum atomic E-state index is 13.3. The number of hydrogen-bond acceptors (Lipinski definition) is 5. The molecule has 0 heterocycles. The molecule has 0 saturated heterocycles. The van der Waals surface area contributed by atoms with Crippen molar-refractivity contribution in [3.63, 3.8) is 0 Å². The highest BCUT2D eigenvalue weighted by atomic mass is 32.2. The summed E-state index contributed by atoms with van der Waals surface area (Å²) in [7, 11) is -2.61. The Labute approximate surface area is 171 Å². The van der Waals surface area contributed by atoms with E-state index >= 15 is 0 Å². The van der Waals surface area contributed by atoms with Crippen LogP contribution in [-0.2, 0) is 27.7 Å². The predicted octanol–water partition coefficient (Wildman–Crippen LogP) is 6.06. The maximum absolute atomic E-state index is 13.3. The van der Waals surface area contributed by atoms with E-state index in [1.165, 1.54) is 6.42 Å². The largest absolute Gasteiger partial charge is 0.417 e. The highest BCUT2D eigenvalue weighted by Gasteiger charge is 2.38. The summed E-state index contributed by atoms with van der Waals surface area (Å²) >= 11 is 0. The normalized spacial score (nSPS) is 15.9. The van der Waals surface area contributed by atoms with Crippen LogP contribution in [0.1, 0.15) is 62.1 Å². The fourth-order valence-electron chi connectivity index (χ4n) is 3.09. The van der Waals surface area contributed by atoms with Crippen LogP contribution in [0.25, 0.3) is 0 Å². The maximum Gasteiger partial charge on any atom is 0.417 e. The fourth-order valence-corrected chi connectivity index (χ4v) is 3.09. The minimum atomic E-state index is -4.92. The van der Waals surface area contributed by atoms with Crippen molar-refractivity contribution in [2.45, 2.75) is 57.8 Å². The van der Waals surface area contributed by atoms with Gasteiger partial charge in [0.2, 0.25) is 0 Å². The van der Waals surface area contributed by atoms with Crippen molar-refractivity contribution >= 4 is 16.2 Å². The van der Waals surface area contributed by atoms with E-state index in [1.54, 1.807) is 6.92 Å². The molecular weight excluding hydrogens is 438 g/mol. The molecule has 2 rings (SSSR count). The molecule has 0 spiro atoms. The number of hydrogen-bond donors (Lipinski definition) is 1. The summed E-state index contributed by atoms with van der Waals surface area (Å²) in [5.41, 5.74) is -3.08. The second-order valence-electron chi connectivity index (χ2n) is 6.68. The van der Waals surface area contributed by atoms with Gasteiger partial charge in [-0.2, -0.15) is 39.5 Å². The van der Waals surface area contributed by atoms with Crippen molar-refractivity contribution in [3.05, 3.63) is 34.9 Å². The predicted molar refractivity (Wildman–Crippen MR) is 97.4 cm³/mol. The van der Waals surface area contributed by atoms with Crippen molar-refractivity contribution in [2.24, 2.45) is 11.1 Å². The second-order valence-corrected chi connectivity index (χ2v) is 7.15. The van der Waals surface area contributed by atoms with Crippen molar-refractivity contribution in [1.29, 1.82) is 4.78 Å². The standard InChI is InChI=1S/C18H21F6NO.HNO2S/c1-2-16(25-26-11-12-6-4-3-5-7-12)14-9-8-13(17(19,20)21)10-15(14)18(22,23)24;1-4(2)3/h8-10,12H,2-7,11H2,1H3;1H/b25-16+;. The third-order valence-corrected chi connectivity index (χ3v) is 4.51. The van der Waals surface area contributed by atoms with Crippen molar-refractivity contribution in [1.82, 2.24) is 0 Å². The highest BCUT2D eigenvalue weighted by molar-refractivity contribution is 7.60. The van der Waals surface area contributed by atoms with Gasteiger partial charge >= 0.3 is 22.9 Å². The van der Waals surface area contributed by atoms with Crippen molar-refractivity contribution in [2.75, 3.05) is 6.61 Å². The van der Waals surface area contributed by atoms with Gasteiger partial charge in [0.15, 0.2) is 0 Å². The lowest BCUT2D eigenvalue weighted by Crippen LogP contribution is -2.17. The molecule has 0 amide bonds. The van der Waals surface area contributed by atoms with Crippen LogP contribution >= 0.6 is 0 Å². The van der Waals surface area contributed by atoms with Crippen molar-refractivity contribution in [3.8, 4) is 0 Å². The molecule has 0 radical (unpaired) electrons. The third-order valence-electron chi connectivity index (χ3n) is 4.51. The summed E-state index contributed by atoms with van der Waals surface area (Å²) in [6, 6.07) is 1.58. The van der Waals surface area contributed by atoms with Crippen molar-refractivity contribution < 1.29 is 39.6 Å². The van der Waals surface area contributed by atoms with E-state index in [4.69, 9.17) is 18.0 Å². The van der Waals surface area contributed by atoms with Crippen LogP contribution < -0.4 is 0 Å². The Balaban J connectivity index is 0.00000103. The van der Waals surface area contributed by atoms with E-state index in [9.17, 15) is 26.3 Å². The molecule has 12 heteroatoms. The molecule has 1 aromatic carbocycles. The van der Waals surface area contributed by atoms with E-state index in [1.807, 2.05) is 0 Å². The molecule has 1 aromatic rings. The number of rotatable bonds is 5. The lowest BCUT2D eigenvalue weighted by atomic mass is 9.90. The molecule has 1 N–H and O–H groups in total. The number of halogens is 6. The molecule has 30 heavy (non-hydrogen) atoms. The molecule has 0 unspecified atom stereocenters. The van der Waals surface area contributed by atoms with Gasteiger partial charge in [-0.1, -0.05) is 37.4 Å². The quantitative estimate of drug-likeness (QED) is 0.329. The van der Waals surface area contributed by atoms with Gasteiger partial charge in [0.1, 0.15) is 6.61 Å². The Morgan fingerprint density at radius 2 is 1.67 bits per heavy atom. The Morgan fingerprint density at radius 1 is 1.10 bits per heavy atom. The van der Waals surface area contributed by atoms with Crippen LogP contribution in [-0.4, -0.2) is 20.7 Å².